The Bertz CT molecular complexity index is 4460. The van der Waals surface area contributed by atoms with Crippen molar-refractivity contribution in [3.8, 4) is 0 Å². The zero-order valence-electron chi connectivity index (χ0n) is 66.2. The molecule has 8 heterocycles. The van der Waals surface area contributed by atoms with Crippen molar-refractivity contribution in [2.75, 3.05) is 70.4 Å². The summed E-state index contributed by atoms with van der Waals surface area (Å²) in [5.41, 5.74) is 31.5. The predicted octanol–water partition coefficient (Wildman–Crippen LogP) is 17.7. The summed E-state index contributed by atoms with van der Waals surface area (Å²) in [4.78, 5) is 119. The number of halogens is 8. The zero-order valence-corrected chi connectivity index (χ0v) is 72.2. The van der Waals surface area contributed by atoms with Crippen molar-refractivity contribution in [3.63, 3.8) is 0 Å². The molecule has 0 unspecified atom stereocenters. The number of nitrogens with two attached hydrogens (primary N) is 4. The second kappa shape index (κ2) is 44.0. The van der Waals surface area contributed by atoms with Gasteiger partial charge in [-0.05, 0) is 249 Å². The Hall–Kier alpha value is -9.28. The van der Waals surface area contributed by atoms with Crippen LogP contribution in [0.3, 0.4) is 0 Å². The van der Waals surface area contributed by atoms with Gasteiger partial charge >= 0.3 is 47.3 Å². The molecule has 0 aliphatic carbocycles. The summed E-state index contributed by atoms with van der Waals surface area (Å²) in [6, 6.07) is 28.0. The van der Waals surface area contributed by atoms with Crippen LogP contribution >= 0.6 is 92.8 Å². The normalized spacial score (nSPS) is 18.9. The molecule has 4 aromatic heterocycles. The molecule has 4 fully saturated rings. The van der Waals surface area contributed by atoms with E-state index in [0.29, 0.717) is 145 Å². The third-order valence-electron chi connectivity index (χ3n) is 20.3. The van der Waals surface area contributed by atoms with Gasteiger partial charge in [-0.2, -0.15) is 0 Å². The highest BCUT2D eigenvalue weighted by Crippen LogP contribution is 2.40. The summed E-state index contributed by atoms with van der Waals surface area (Å²) >= 11 is 48.9. The minimum Gasteiger partial charge on any atom is -0.474 e. The Labute approximate surface area is 721 Å². The van der Waals surface area contributed by atoms with Crippen molar-refractivity contribution in [1.29, 1.82) is 0 Å². The number of carbonyl (C=O) groups excluding carboxylic acids is 7. The lowest BCUT2D eigenvalue weighted by molar-refractivity contribution is -0.147. The number of benzene rings is 4. The maximum absolute atomic E-state index is 13.0. The molecule has 624 valence electrons. The minimum atomic E-state index is -1.54. The molecule has 8 atom stereocenters. The number of carboxylic acids is 1. The highest BCUT2D eigenvalue weighted by Gasteiger charge is 2.38. The van der Waals surface area contributed by atoms with Crippen LogP contribution in [0.15, 0.2) is 122 Å². The molecule has 4 aliphatic rings. The number of nitrogens with one attached hydrogen (secondary N) is 5. The monoisotopic (exact) mass is 1750 g/mol. The highest BCUT2D eigenvalue weighted by atomic mass is 35.5. The Morgan fingerprint density at radius 3 is 0.829 bits per heavy atom. The summed E-state index contributed by atoms with van der Waals surface area (Å²) < 4.78 is 0. The lowest BCUT2D eigenvalue weighted by Gasteiger charge is -2.38. The van der Waals surface area contributed by atoms with Crippen LogP contribution in [0, 0.1) is 23.7 Å². The topological polar surface area (TPSA) is 382 Å². The molecule has 0 spiro atoms. The van der Waals surface area contributed by atoms with Gasteiger partial charge in [-0.1, -0.05) is 148 Å². The molecule has 4 saturated heterocycles. The second-order valence-corrected chi connectivity index (χ2v) is 33.0. The number of hydrogen-bond donors (Lipinski definition) is 10. The Morgan fingerprint density at radius 2 is 0.598 bits per heavy atom. The average molecular weight is 1760 g/mol. The Morgan fingerprint density at radius 1 is 0.359 bits per heavy atom. The fourth-order valence-electron chi connectivity index (χ4n) is 14.2. The van der Waals surface area contributed by atoms with Crippen LogP contribution in [0.2, 0.25) is 40.2 Å². The first-order chi connectivity index (χ1) is 55.5. The van der Waals surface area contributed by atoms with Crippen molar-refractivity contribution in [2.45, 2.75) is 157 Å². The first-order valence-corrected chi connectivity index (χ1v) is 41.5. The van der Waals surface area contributed by atoms with Crippen molar-refractivity contribution in [2.24, 2.45) is 23.7 Å². The summed E-state index contributed by atoms with van der Waals surface area (Å²) in [6.07, 6.45) is 15.8. The average Bonchev–Trinajstić information content (AvgIpc) is 0.806. The smallest absolute Gasteiger partial charge is 0.394 e. The van der Waals surface area contributed by atoms with Crippen LogP contribution in [0.1, 0.15) is 175 Å². The molecule has 117 heavy (non-hydrogen) atoms. The number of amides is 7. The largest absolute Gasteiger partial charge is 0.474 e. The van der Waals surface area contributed by atoms with Gasteiger partial charge < -0.3 is 69.3 Å². The molecule has 25 nitrogen and oxygen atoms in total. The molecule has 0 saturated carbocycles. The first kappa shape index (κ1) is 93.2. The van der Waals surface area contributed by atoms with Gasteiger partial charge in [-0.3, -0.25) is 33.6 Å². The maximum Gasteiger partial charge on any atom is 0.394 e. The van der Waals surface area contributed by atoms with E-state index in [1.165, 1.54) is 36.8 Å². The SMILES string of the molecule is CCc1cc(NC(=O)C(=O)N2C[C@@H](C)CC[C@@H]2c2cc(Cl)cc(Cl)c2)cnc1N.CCc1cc(NC(=O)C(=O)N2C[C@H](C)CC[C@H]2c2cc(Cl)cc(Cl)c2)cnc1N.CCc1cc(NC(=O)C(=O)N2C[C@H](C)CC[C@H]2c2cc(Cl)cc(Cl)c2)cnc1N.CCc1cc(NC(=O)C(=O)O)cnc1N.C[C@@H]1CC[C@@H](c2cc(Cl)cc(Cl)c2)NC1. The summed E-state index contributed by atoms with van der Waals surface area (Å²) in [6.45, 7) is 18.7. The number of likely N-dealkylation sites (tertiary alicyclic amines) is 3. The van der Waals surface area contributed by atoms with E-state index in [9.17, 15) is 38.4 Å². The van der Waals surface area contributed by atoms with Crippen LogP contribution in [0.25, 0.3) is 0 Å². The number of carbonyl (C=O) groups is 8. The van der Waals surface area contributed by atoms with Crippen molar-refractivity contribution in [1.82, 2.24) is 40.0 Å². The van der Waals surface area contributed by atoms with Crippen LogP contribution in [0.4, 0.5) is 46.0 Å². The van der Waals surface area contributed by atoms with Crippen LogP contribution in [0.5, 0.6) is 0 Å². The van der Waals surface area contributed by atoms with Crippen molar-refractivity contribution < 1.29 is 43.5 Å². The van der Waals surface area contributed by atoms with E-state index in [1.807, 2.05) is 39.8 Å². The van der Waals surface area contributed by atoms with E-state index in [1.54, 1.807) is 99.6 Å². The molecule has 33 heteroatoms. The minimum absolute atomic E-state index is 0.253. The molecule has 4 aliphatic heterocycles. The van der Waals surface area contributed by atoms with E-state index in [0.717, 1.165) is 106 Å². The number of nitrogens with zero attached hydrogens (tertiary/aromatic N) is 7. The van der Waals surface area contributed by atoms with E-state index >= 15 is 0 Å². The number of anilines is 8. The summed E-state index contributed by atoms with van der Waals surface area (Å²) in [5.74, 6) is -3.23. The number of pyridine rings is 4. The lowest BCUT2D eigenvalue weighted by Crippen LogP contribution is -2.46. The number of aliphatic carboxylic acids is 1. The van der Waals surface area contributed by atoms with Crippen molar-refractivity contribution in [3.05, 3.63) is 207 Å². The molecule has 7 amide bonds. The number of rotatable bonds is 12. The number of nitrogen functional groups attached to an aromatic ring is 4. The van der Waals surface area contributed by atoms with Crippen LogP contribution < -0.4 is 49.5 Å². The van der Waals surface area contributed by atoms with E-state index in [-0.39, 0.29) is 18.1 Å². The van der Waals surface area contributed by atoms with Gasteiger partial charge in [0.05, 0.1) is 65.7 Å². The molecule has 4 aromatic carbocycles. The molecular weight excluding hydrogens is 1660 g/mol. The van der Waals surface area contributed by atoms with Gasteiger partial charge in [-0.15, -0.1) is 0 Å². The van der Waals surface area contributed by atoms with Gasteiger partial charge in [-0.25, -0.2) is 24.7 Å². The number of aromatic nitrogens is 4. The fourth-order valence-corrected chi connectivity index (χ4v) is 16.3. The number of carboxylic acid groups (broad SMARTS) is 1. The van der Waals surface area contributed by atoms with Crippen molar-refractivity contribution >= 4 is 186 Å². The van der Waals surface area contributed by atoms with Gasteiger partial charge in [0, 0.05) is 65.9 Å². The van der Waals surface area contributed by atoms with Crippen LogP contribution in [-0.4, -0.2) is 113 Å². The molecule has 8 aromatic rings. The third-order valence-corrected chi connectivity index (χ3v) is 22.1. The molecule has 14 N–H and O–H groups in total. The third kappa shape index (κ3) is 27.1. The lowest BCUT2D eigenvalue weighted by atomic mass is 9.90. The predicted molar refractivity (Wildman–Crippen MR) is 468 cm³/mol. The van der Waals surface area contributed by atoms with E-state index in [4.69, 9.17) is 121 Å². The maximum atomic E-state index is 13.0. The van der Waals surface area contributed by atoms with Gasteiger partial charge in [0.15, 0.2) is 0 Å². The summed E-state index contributed by atoms with van der Waals surface area (Å²) in [7, 11) is 0. The van der Waals surface area contributed by atoms with Crippen LogP contribution in [-0.2, 0) is 64.0 Å². The first-order valence-electron chi connectivity index (χ1n) is 38.5. The molecule has 0 radical (unpaired) electrons. The number of piperidine rings is 4. The van der Waals surface area contributed by atoms with Gasteiger partial charge in [0.25, 0.3) is 0 Å². The quantitative estimate of drug-likeness (QED) is 0.0508. The molecule has 12 rings (SSSR count). The molecule has 0 bridgehead atoms. The number of aryl methyl sites for hydroxylation is 4. The fraction of sp³-hybridized carbons (Fsp3) is 0.381. The Kier molecular flexibility index (Phi) is 35.0. The van der Waals surface area contributed by atoms with E-state index < -0.39 is 47.3 Å². The second-order valence-electron chi connectivity index (χ2n) is 29.5. The Balaban J connectivity index is 0.000000187. The van der Waals surface area contributed by atoms with E-state index in [2.05, 4.69) is 74.2 Å². The van der Waals surface area contributed by atoms with Gasteiger partial charge in [0.1, 0.15) is 23.3 Å². The highest BCUT2D eigenvalue weighted by molar-refractivity contribution is 6.42. The zero-order chi connectivity index (χ0) is 85.6. The summed E-state index contributed by atoms with van der Waals surface area (Å²) in [5, 5.41) is 26.5. The standard InChI is InChI=1S/3C21H24Cl2N4O2.C12H15Cl2N.C9H11N3O3/c3*1-3-13-8-17(10-25-19(13)24)26-20(28)21(29)27-11-12(2)4-5-18(27)14-6-15(22)9-16(23)7-14;1-8-2-3-12(15-7-8)9-4-10(13)6-11(14)5-9;1-2-5-3-6(4-11-7(5)10)12-8(13)9(14)15/h3*6-10,12,18H,3-5,11H2,1-2H3,(H2,24,25)(H,26,28);4-6,8,12,15H,2-3,7H2,1H3;3-4H,2H2,1H3,(H2,10,11)(H,12,13)(H,14,15)/t3*12-,18+;8-,12+;/m1101./s1. The molecular formula is C84H98Cl8N16O9. The number of hydrogen-bond acceptors (Lipinski definition) is 17. The van der Waals surface area contributed by atoms with Gasteiger partial charge in [0.2, 0.25) is 0 Å².